The summed E-state index contributed by atoms with van der Waals surface area (Å²) in [6, 6.07) is 0. The lowest BCUT2D eigenvalue weighted by Crippen LogP contribution is -2.47. The van der Waals surface area contributed by atoms with E-state index in [9.17, 15) is 4.79 Å². The van der Waals surface area contributed by atoms with Gasteiger partial charge in [-0.15, -0.1) is 0 Å². The van der Waals surface area contributed by atoms with Crippen LogP contribution in [0.2, 0.25) is 0 Å². The molecule has 0 fully saturated rings. The molecule has 0 bridgehead atoms. The maximum atomic E-state index is 13.4. The fourth-order valence-corrected chi connectivity index (χ4v) is 3.02. The van der Waals surface area contributed by atoms with Crippen molar-refractivity contribution in [1.82, 2.24) is 0 Å². The first kappa shape index (κ1) is 24.6. The van der Waals surface area contributed by atoms with Crippen molar-refractivity contribution in [2.24, 2.45) is 21.9 Å². The van der Waals surface area contributed by atoms with E-state index >= 15 is 0 Å². The molecule has 0 aromatic rings. The predicted octanol–water partition coefficient (Wildman–Crippen LogP) is 5.66. The molecule has 0 saturated carbocycles. The highest BCUT2D eigenvalue weighted by molar-refractivity contribution is 6.14. The Hall–Kier alpha value is -1.46. The Bertz CT molecular complexity index is 643. The normalized spacial score (nSPS) is 18.9. The number of hydrogen-bond donors (Lipinski definition) is 0. The van der Waals surface area contributed by atoms with Gasteiger partial charge in [0.15, 0.2) is 11.4 Å². The quantitative estimate of drug-likeness (QED) is 0.344. The van der Waals surface area contributed by atoms with Gasteiger partial charge in [-0.3, -0.25) is 4.79 Å². The van der Waals surface area contributed by atoms with E-state index in [-0.39, 0.29) is 22.5 Å². The van der Waals surface area contributed by atoms with Crippen molar-refractivity contribution < 1.29 is 19.4 Å². The summed E-state index contributed by atoms with van der Waals surface area (Å²) in [4.78, 5) is 30.4. The number of Topliss-reactive ketones (excluding diaryl/α,β-unsaturated/α-hetero) is 1. The number of allylic oxidation sites excluding steroid dienone is 2. The molecule has 0 aromatic heterocycles. The second-order valence-electron chi connectivity index (χ2n) is 10.8. The number of ketones is 1. The summed E-state index contributed by atoms with van der Waals surface area (Å²) in [6.07, 6.45) is 3.71. The minimum Gasteiger partial charge on any atom is -0.399 e. The van der Waals surface area contributed by atoms with Gasteiger partial charge in [0, 0.05) is 11.1 Å². The Morgan fingerprint density at radius 3 is 1.64 bits per heavy atom. The SMILES string of the molecule is CON=C(C(C)C)C1(OOC(C)(C)C)C=C(C(C)(C)C)C(=O)C(C(C)(C)C)=C1. The van der Waals surface area contributed by atoms with Crippen LogP contribution in [0.5, 0.6) is 0 Å². The molecule has 5 heteroatoms. The lowest BCUT2D eigenvalue weighted by Gasteiger charge is -2.40. The van der Waals surface area contributed by atoms with Gasteiger partial charge in [-0.05, 0) is 49.7 Å². The summed E-state index contributed by atoms with van der Waals surface area (Å²) >= 11 is 0. The molecular weight excluding hydrogens is 354 g/mol. The Morgan fingerprint density at radius 1 is 0.929 bits per heavy atom. The minimum absolute atomic E-state index is 0.00616. The topological polar surface area (TPSA) is 57.1 Å². The molecule has 28 heavy (non-hydrogen) atoms. The standard InChI is InChI=1S/C23H39NO4/c1-15(2)19(24-26-12)23(28-27-22(9,10)11)13-16(20(3,4)5)18(25)17(14-23)21(6,7)8/h13-15H,1-12H3. The summed E-state index contributed by atoms with van der Waals surface area (Å²) in [7, 11) is 1.51. The van der Waals surface area contributed by atoms with E-state index in [0.29, 0.717) is 16.9 Å². The average Bonchev–Trinajstić information content (AvgIpc) is 2.48. The first-order chi connectivity index (χ1) is 12.4. The second kappa shape index (κ2) is 8.11. The predicted molar refractivity (Wildman–Crippen MR) is 114 cm³/mol. The Morgan fingerprint density at radius 2 is 1.36 bits per heavy atom. The number of nitrogens with zero attached hydrogens (tertiary/aromatic N) is 1. The van der Waals surface area contributed by atoms with Gasteiger partial charge in [0.25, 0.3) is 0 Å². The van der Waals surface area contributed by atoms with Crippen LogP contribution in [0.15, 0.2) is 28.5 Å². The van der Waals surface area contributed by atoms with Gasteiger partial charge < -0.3 is 4.84 Å². The minimum atomic E-state index is -1.13. The van der Waals surface area contributed by atoms with Gasteiger partial charge in [-0.1, -0.05) is 60.5 Å². The van der Waals surface area contributed by atoms with Gasteiger partial charge in [-0.2, -0.15) is 0 Å². The van der Waals surface area contributed by atoms with Crippen LogP contribution < -0.4 is 0 Å². The molecule has 5 nitrogen and oxygen atoms in total. The maximum absolute atomic E-state index is 13.4. The number of rotatable bonds is 5. The largest absolute Gasteiger partial charge is 0.399 e. The molecule has 0 saturated heterocycles. The van der Waals surface area contributed by atoms with E-state index in [2.05, 4.69) is 5.16 Å². The summed E-state index contributed by atoms with van der Waals surface area (Å²) in [6.45, 7) is 22.0. The van der Waals surface area contributed by atoms with Gasteiger partial charge in [0.05, 0.1) is 5.60 Å². The monoisotopic (exact) mass is 393 g/mol. The van der Waals surface area contributed by atoms with Gasteiger partial charge in [0.2, 0.25) is 0 Å². The van der Waals surface area contributed by atoms with Crippen molar-refractivity contribution in [2.75, 3.05) is 7.11 Å². The van der Waals surface area contributed by atoms with E-state index in [1.54, 1.807) is 0 Å². The van der Waals surface area contributed by atoms with E-state index in [1.807, 2.05) is 88.3 Å². The van der Waals surface area contributed by atoms with Crippen LogP contribution in [0, 0.1) is 16.7 Å². The van der Waals surface area contributed by atoms with Crippen LogP contribution >= 0.6 is 0 Å². The molecule has 0 spiro atoms. The smallest absolute Gasteiger partial charge is 0.185 e. The molecule has 0 aliphatic heterocycles. The zero-order valence-electron chi connectivity index (χ0n) is 19.8. The Balaban J connectivity index is 3.86. The molecule has 0 N–H and O–H groups in total. The molecule has 0 heterocycles. The molecule has 160 valence electrons. The highest BCUT2D eigenvalue weighted by atomic mass is 17.2. The van der Waals surface area contributed by atoms with E-state index in [1.165, 1.54) is 7.11 Å². The zero-order chi connectivity index (χ0) is 22.1. The number of carbonyl (C=O) groups is 1. The first-order valence-corrected chi connectivity index (χ1v) is 9.94. The zero-order valence-corrected chi connectivity index (χ0v) is 19.8. The maximum Gasteiger partial charge on any atom is 0.185 e. The highest BCUT2D eigenvalue weighted by Gasteiger charge is 2.47. The highest BCUT2D eigenvalue weighted by Crippen LogP contribution is 2.43. The summed E-state index contributed by atoms with van der Waals surface area (Å²) < 4.78 is 0. The fraction of sp³-hybridized carbons (Fsp3) is 0.739. The molecular formula is C23H39NO4. The lowest BCUT2D eigenvalue weighted by atomic mass is 9.68. The Kier molecular flexibility index (Phi) is 7.12. The van der Waals surface area contributed by atoms with Gasteiger partial charge in [0.1, 0.15) is 12.8 Å². The molecule has 0 unspecified atom stereocenters. The molecule has 0 amide bonds. The molecule has 1 aliphatic carbocycles. The summed E-state index contributed by atoms with van der Waals surface area (Å²) in [5.74, 6) is 0.0437. The molecule has 1 rings (SSSR count). The molecule has 0 aromatic carbocycles. The fourth-order valence-electron chi connectivity index (χ4n) is 3.02. The molecule has 1 aliphatic rings. The third kappa shape index (κ3) is 5.77. The summed E-state index contributed by atoms with van der Waals surface area (Å²) in [5, 5.41) is 4.29. The number of carbonyl (C=O) groups excluding carboxylic acids is 1. The van der Waals surface area contributed by atoms with E-state index in [0.717, 1.165) is 0 Å². The van der Waals surface area contributed by atoms with Crippen molar-refractivity contribution in [3.63, 3.8) is 0 Å². The van der Waals surface area contributed by atoms with Gasteiger partial charge >= 0.3 is 0 Å². The second-order valence-corrected chi connectivity index (χ2v) is 10.8. The van der Waals surface area contributed by atoms with Crippen LogP contribution in [0.4, 0.5) is 0 Å². The van der Waals surface area contributed by atoms with Crippen LogP contribution in [0.1, 0.15) is 76.2 Å². The van der Waals surface area contributed by atoms with Gasteiger partial charge in [-0.25, -0.2) is 9.78 Å². The van der Waals surface area contributed by atoms with Crippen LogP contribution in [0.3, 0.4) is 0 Å². The molecule has 0 radical (unpaired) electrons. The lowest BCUT2D eigenvalue weighted by molar-refractivity contribution is -0.370. The third-order valence-corrected chi connectivity index (χ3v) is 4.39. The van der Waals surface area contributed by atoms with E-state index < -0.39 is 11.2 Å². The third-order valence-electron chi connectivity index (χ3n) is 4.39. The summed E-state index contributed by atoms with van der Waals surface area (Å²) in [5.41, 5.74) is -0.383. The molecule has 0 atom stereocenters. The first-order valence-electron chi connectivity index (χ1n) is 9.94. The van der Waals surface area contributed by atoms with Crippen LogP contribution in [0.25, 0.3) is 0 Å². The average molecular weight is 394 g/mol. The number of oxime groups is 1. The van der Waals surface area contributed by atoms with Crippen LogP contribution in [-0.4, -0.2) is 29.8 Å². The van der Waals surface area contributed by atoms with Crippen molar-refractivity contribution in [3.05, 3.63) is 23.3 Å². The van der Waals surface area contributed by atoms with Crippen LogP contribution in [-0.2, 0) is 19.4 Å². The Labute approximate surface area is 171 Å². The van der Waals surface area contributed by atoms with E-state index in [4.69, 9.17) is 14.6 Å². The van der Waals surface area contributed by atoms with Crippen molar-refractivity contribution in [1.29, 1.82) is 0 Å². The number of hydrogen-bond acceptors (Lipinski definition) is 5. The van der Waals surface area contributed by atoms with Crippen molar-refractivity contribution in [2.45, 2.75) is 87.4 Å². The van der Waals surface area contributed by atoms with Crippen molar-refractivity contribution >= 4 is 11.5 Å². The van der Waals surface area contributed by atoms with Crippen molar-refractivity contribution in [3.8, 4) is 0 Å².